The number of aromatic nitrogens is 1. The summed E-state index contributed by atoms with van der Waals surface area (Å²) in [6.45, 7) is 4.27. The maximum Gasteiger partial charge on any atom is 0.200 e. The average Bonchev–Trinajstić information content (AvgIpc) is 2.47. The topological polar surface area (TPSA) is 43.1 Å². The number of aldehydes is 1. The van der Waals surface area contributed by atoms with Gasteiger partial charge in [0, 0.05) is 5.41 Å². The molecule has 0 saturated heterocycles. The van der Waals surface area contributed by atoms with E-state index in [1.54, 1.807) is 0 Å². The third kappa shape index (κ3) is 1.37. The van der Waals surface area contributed by atoms with Crippen molar-refractivity contribution in [2.75, 3.05) is 0 Å². The Morgan fingerprint density at radius 2 is 2.29 bits per heavy atom. The molecule has 3 heteroatoms. The van der Waals surface area contributed by atoms with Gasteiger partial charge >= 0.3 is 0 Å². The van der Waals surface area contributed by atoms with E-state index in [2.05, 4.69) is 18.8 Å². The Labute approximate surface area is 83.5 Å². The second-order valence-corrected chi connectivity index (χ2v) is 4.54. The summed E-state index contributed by atoms with van der Waals surface area (Å²) in [5.74, 6) is 1.68. The van der Waals surface area contributed by atoms with Crippen LogP contribution in [0.25, 0.3) is 0 Å². The van der Waals surface area contributed by atoms with E-state index < -0.39 is 0 Å². The van der Waals surface area contributed by atoms with Gasteiger partial charge in [-0.2, -0.15) is 0 Å². The van der Waals surface area contributed by atoms with Gasteiger partial charge in [-0.25, -0.2) is 4.98 Å². The van der Waals surface area contributed by atoms with Gasteiger partial charge in [-0.3, -0.25) is 4.79 Å². The van der Waals surface area contributed by atoms with E-state index in [1.807, 2.05) is 0 Å². The molecule has 3 nitrogen and oxygen atoms in total. The first kappa shape index (κ1) is 9.44. The van der Waals surface area contributed by atoms with Crippen LogP contribution in [-0.2, 0) is 5.41 Å². The Hall–Kier alpha value is -1.12. The Kier molecular flexibility index (Phi) is 2.17. The van der Waals surface area contributed by atoms with Crippen LogP contribution in [0.15, 0.2) is 10.6 Å². The van der Waals surface area contributed by atoms with Gasteiger partial charge in [0.25, 0.3) is 0 Å². The lowest BCUT2D eigenvalue weighted by Crippen LogP contribution is -2.33. The van der Waals surface area contributed by atoms with Gasteiger partial charge < -0.3 is 4.42 Å². The van der Waals surface area contributed by atoms with Crippen LogP contribution in [0, 0.1) is 5.92 Å². The monoisotopic (exact) mass is 193 g/mol. The van der Waals surface area contributed by atoms with Gasteiger partial charge in [-0.05, 0) is 18.8 Å². The van der Waals surface area contributed by atoms with Gasteiger partial charge in [0.1, 0.15) is 0 Å². The normalized spacial score (nSPS) is 17.9. The van der Waals surface area contributed by atoms with Gasteiger partial charge in [-0.15, -0.1) is 0 Å². The van der Waals surface area contributed by atoms with Crippen molar-refractivity contribution in [1.29, 1.82) is 0 Å². The molecule has 0 aliphatic heterocycles. The molecule has 1 fully saturated rings. The second kappa shape index (κ2) is 3.23. The largest absolute Gasteiger partial charge is 0.437 e. The van der Waals surface area contributed by atoms with E-state index >= 15 is 0 Å². The third-order valence-electron chi connectivity index (χ3n) is 3.32. The van der Waals surface area contributed by atoms with Gasteiger partial charge in [-0.1, -0.05) is 20.3 Å². The van der Waals surface area contributed by atoms with Crippen molar-refractivity contribution in [1.82, 2.24) is 4.98 Å². The quantitative estimate of drug-likeness (QED) is 0.693. The Balaban J connectivity index is 2.23. The van der Waals surface area contributed by atoms with Crippen molar-refractivity contribution in [2.45, 2.75) is 38.5 Å². The van der Waals surface area contributed by atoms with Crippen LogP contribution in [0.1, 0.15) is 49.6 Å². The maximum atomic E-state index is 10.5. The molecule has 0 unspecified atom stereocenters. The van der Waals surface area contributed by atoms with Crippen LogP contribution in [0.4, 0.5) is 0 Å². The number of hydrogen-bond acceptors (Lipinski definition) is 3. The molecule has 14 heavy (non-hydrogen) atoms. The number of carbonyl (C=O) groups is 1. The molecule has 1 aliphatic carbocycles. The molecule has 0 spiro atoms. The highest BCUT2D eigenvalue weighted by atomic mass is 16.4. The minimum atomic E-state index is -0.0283. The van der Waals surface area contributed by atoms with Crippen LogP contribution < -0.4 is 0 Å². The first-order valence-electron chi connectivity index (χ1n) is 5.06. The molecule has 0 N–H and O–H groups in total. The molecule has 1 aromatic heterocycles. The predicted octanol–water partition coefficient (Wildman–Crippen LogP) is 2.56. The van der Waals surface area contributed by atoms with Crippen LogP contribution >= 0.6 is 0 Å². The minimum Gasteiger partial charge on any atom is -0.437 e. The fraction of sp³-hybridized carbons (Fsp3) is 0.636. The summed E-state index contributed by atoms with van der Waals surface area (Å²) in [7, 11) is 0. The van der Waals surface area contributed by atoms with E-state index in [0.717, 1.165) is 0 Å². The standard InChI is InChI=1S/C11H15NO2/c1-11(2,8-4-3-5-8)10-12-6-9(7-13)14-10/h6-8H,3-5H2,1-2H3. The van der Waals surface area contributed by atoms with Crippen LogP contribution in [0.2, 0.25) is 0 Å². The Bertz CT molecular complexity index is 337. The fourth-order valence-corrected chi connectivity index (χ4v) is 1.94. The lowest BCUT2D eigenvalue weighted by Gasteiger charge is -2.37. The molecular weight excluding hydrogens is 178 g/mol. The molecule has 1 heterocycles. The molecule has 0 amide bonds. The molecule has 0 aromatic carbocycles. The van der Waals surface area contributed by atoms with Crippen molar-refractivity contribution in [2.24, 2.45) is 5.92 Å². The third-order valence-corrected chi connectivity index (χ3v) is 3.32. The van der Waals surface area contributed by atoms with E-state index in [0.29, 0.717) is 23.9 Å². The van der Waals surface area contributed by atoms with Gasteiger partial charge in [0.2, 0.25) is 5.89 Å². The van der Waals surface area contributed by atoms with Crippen molar-refractivity contribution in [3.63, 3.8) is 0 Å². The summed E-state index contributed by atoms with van der Waals surface area (Å²) in [5.41, 5.74) is -0.0283. The molecule has 76 valence electrons. The molecule has 1 saturated carbocycles. The Morgan fingerprint density at radius 3 is 2.71 bits per heavy atom. The molecular formula is C11H15NO2. The first-order valence-corrected chi connectivity index (χ1v) is 5.06. The van der Waals surface area contributed by atoms with Gasteiger partial charge in [0.15, 0.2) is 12.0 Å². The lowest BCUT2D eigenvalue weighted by molar-refractivity contribution is 0.108. The highest BCUT2D eigenvalue weighted by Gasteiger charge is 2.38. The summed E-state index contributed by atoms with van der Waals surface area (Å²) >= 11 is 0. The van der Waals surface area contributed by atoms with Crippen molar-refractivity contribution in [3.05, 3.63) is 17.8 Å². The number of oxazole rings is 1. The molecule has 0 atom stereocenters. The zero-order valence-electron chi connectivity index (χ0n) is 8.62. The van der Waals surface area contributed by atoms with E-state index in [4.69, 9.17) is 4.42 Å². The van der Waals surface area contributed by atoms with E-state index in [1.165, 1.54) is 25.5 Å². The van der Waals surface area contributed by atoms with E-state index in [9.17, 15) is 4.79 Å². The van der Waals surface area contributed by atoms with Crippen molar-refractivity contribution in [3.8, 4) is 0 Å². The number of rotatable bonds is 3. The Morgan fingerprint density at radius 1 is 1.57 bits per heavy atom. The predicted molar refractivity (Wildman–Crippen MR) is 52.3 cm³/mol. The zero-order chi connectivity index (χ0) is 10.2. The molecule has 2 rings (SSSR count). The van der Waals surface area contributed by atoms with Crippen molar-refractivity contribution >= 4 is 6.29 Å². The average molecular weight is 193 g/mol. The number of hydrogen-bond donors (Lipinski definition) is 0. The molecule has 1 aromatic rings. The molecule has 1 aliphatic rings. The zero-order valence-corrected chi connectivity index (χ0v) is 8.62. The van der Waals surface area contributed by atoms with Crippen molar-refractivity contribution < 1.29 is 9.21 Å². The first-order chi connectivity index (χ1) is 6.64. The minimum absolute atomic E-state index is 0.0283. The lowest BCUT2D eigenvalue weighted by atomic mass is 9.67. The van der Waals surface area contributed by atoms with E-state index in [-0.39, 0.29) is 5.41 Å². The highest BCUT2D eigenvalue weighted by Crippen LogP contribution is 2.43. The number of carbonyl (C=O) groups excluding carboxylic acids is 1. The molecule has 0 radical (unpaired) electrons. The maximum absolute atomic E-state index is 10.5. The smallest absolute Gasteiger partial charge is 0.200 e. The summed E-state index contributed by atoms with van der Waals surface area (Å²) in [5, 5.41) is 0. The van der Waals surface area contributed by atoms with Crippen LogP contribution in [0.3, 0.4) is 0 Å². The molecule has 0 bridgehead atoms. The number of nitrogens with zero attached hydrogens (tertiary/aromatic N) is 1. The summed E-state index contributed by atoms with van der Waals surface area (Å²) < 4.78 is 5.38. The summed E-state index contributed by atoms with van der Waals surface area (Å²) in [4.78, 5) is 14.6. The summed E-state index contributed by atoms with van der Waals surface area (Å²) in [6.07, 6.45) is 5.99. The van der Waals surface area contributed by atoms with Crippen LogP contribution in [-0.4, -0.2) is 11.3 Å². The second-order valence-electron chi connectivity index (χ2n) is 4.54. The van der Waals surface area contributed by atoms with Crippen LogP contribution in [0.5, 0.6) is 0 Å². The fourth-order valence-electron chi connectivity index (χ4n) is 1.94. The van der Waals surface area contributed by atoms with Gasteiger partial charge in [0.05, 0.1) is 6.20 Å². The summed E-state index contributed by atoms with van der Waals surface area (Å²) in [6, 6.07) is 0. The highest BCUT2D eigenvalue weighted by molar-refractivity contribution is 5.69. The SMILES string of the molecule is CC(C)(c1ncc(C=O)o1)C1CCC1.